The highest BCUT2D eigenvalue weighted by atomic mass is 32.2. The first-order valence-corrected chi connectivity index (χ1v) is 11.4. The van der Waals surface area contributed by atoms with Crippen LogP contribution in [0, 0.1) is 0 Å². The maximum absolute atomic E-state index is 13.3. The molecule has 27 heavy (non-hydrogen) atoms. The summed E-state index contributed by atoms with van der Waals surface area (Å²) in [4.78, 5) is 18.1. The van der Waals surface area contributed by atoms with Crippen LogP contribution in [0.2, 0.25) is 0 Å². The van der Waals surface area contributed by atoms with Gasteiger partial charge in [-0.1, -0.05) is 30.3 Å². The highest BCUT2D eigenvalue weighted by Crippen LogP contribution is 2.45. The Morgan fingerprint density at radius 3 is 2.78 bits per heavy atom. The number of amides is 1. The van der Waals surface area contributed by atoms with Crippen molar-refractivity contribution in [2.75, 3.05) is 16.8 Å². The molecule has 0 spiro atoms. The van der Waals surface area contributed by atoms with Crippen molar-refractivity contribution in [3.05, 3.63) is 70.9 Å². The minimum atomic E-state index is -0.0179. The number of nitrogens with one attached hydrogen (secondary N) is 1. The normalized spacial score (nSPS) is 16.6. The number of carbonyl (C=O) groups is 1. The first-order valence-electron chi connectivity index (χ1n) is 9.34. The Morgan fingerprint density at radius 2 is 1.89 bits per heavy atom. The van der Waals surface area contributed by atoms with Crippen LogP contribution in [0.5, 0.6) is 0 Å². The van der Waals surface area contributed by atoms with Gasteiger partial charge in [0, 0.05) is 28.3 Å². The lowest BCUT2D eigenvalue weighted by atomic mass is 10.0. The van der Waals surface area contributed by atoms with Crippen molar-refractivity contribution in [3.63, 3.8) is 0 Å². The number of carbonyl (C=O) groups excluding carboxylic acids is 1. The fraction of sp³-hybridized carbons (Fsp3) is 0.273. The van der Waals surface area contributed by atoms with Gasteiger partial charge >= 0.3 is 0 Å². The standard InChI is InChI=1S/C22H20N2OS2/c25-21(23-15-6-3-5-14(13-15)22-26-11-12-27-22)20-16-7-1-2-9-18(16)24-19-10-4-8-17(19)20/h1-3,5-7,9,13,22H,4,8,10-12H2,(H,23,25). The topological polar surface area (TPSA) is 42.0 Å². The summed E-state index contributed by atoms with van der Waals surface area (Å²) in [5.41, 5.74) is 6.10. The molecule has 1 aliphatic heterocycles. The second-order valence-corrected chi connectivity index (χ2v) is 9.66. The number of benzene rings is 2. The van der Waals surface area contributed by atoms with Crippen molar-refractivity contribution in [1.82, 2.24) is 4.98 Å². The molecule has 0 bridgehead atoms. The highest BCUT2D eigenvalue weighted by molar-refractivity contribution is 8.19. The van der Waals surface area contributed by atoms with Crippen molar-refractivity contribution in [1.29, 1.82) is 0 Å². The summed E-state index contributed by atoms with van der Waals surface area (Å²) in [7, 11) is 0. The van der Waals surface area contributed by atoms with Crippen molar-refractivity contribution in [2.45, 2.75) is 23.8 Å². The van der Waals surface area contributed by atoms with Gasteiger partial charge in [0.05, 0.1) is 15.7 Å². The molecule has 1 fully saturated rings. The molecule has 2 heterocycles. The molecule has 2 aliphatic rings. The largest absolute Gasteiger partial charge is 0.322 e. The van der Waals surface area contributed by atoms with Gasteiger partial charge in [0.2, 0.25) is 0 Å². The van der Waals surface area contributed by atoms with Gasteiger partial charge in [-0.2, -0.15) is 0 Å². The molecule has 5 heteroatoms. The highest BCUT2D eigenvalue weighted by Gasteiger charge is 2.24. The monoisotopic (exact) mass is 392 g/mol. The third-order valence-electron chi connectivity index (χ3n) is 5.18. The molecule has 0 saturated carbocycles. The van der Waals surface area contributed by atoms with Crippen LogP contribution >= 0.6 is 23.5 Å². The van der Waals surface area contributed by atoms with E-state index < -0.39 is 0 Å². The minimum Gasteiger partial charge on any atom is -0.322 e. The Balaban J connectivity index is 1.51. The zero-order valence-electron chi connectivity index (χ0n) is 14.9. The van der Waals surface area contributed by atoms with E-state index in [9.17, 15) is 4.79 Å². The van der Waals surface area contributed by atoms with Gasteiger partial charge in [-0.3, -0.25) is 9.78 Å². The van der Waals surface area contributed by atoms with E-state index in [0.717, 1.165) is 52.7 Å². The predicted octanol–water partition coefficient (Wildman–Crippen LogP) is 5.45. The van der Waals surface area contributed by atoms with E-state index in [-0.39, 0.29) is 5.91 Å². The van der Waals surface area contributed by atoms with E-state index >= 15 is 0 Å². The van der Waals surface area contributed by atoms with Gasteiger partial charge in [-0.15, -0.1) is 23.5 Å². The minimum absolute atomic E-state index is 0.0179. The van der Waals surface area contributed by atoms with Crippen LogP contribution in [-0.2, 0) is 12.8 Å². The molecule has 1 amide bonds. The second kappa shape index (κ2) is 7.21. The molecule has 1 saturated heterocycles. The third kappa shape index (κ3) is 3.23. The summed E-state index contributed by atoms with van der Waals surface area (Å²) in [5, 5.41) is 4.11. The van der Waals surface area contributed by atoms with Crippen molar-refractivity contribution >= 4 is 46.0 Å². The zero-order valence-corrected chi connectivity index (χ0v) is 16.5. The van der Waals surface area contributed by atoms with Gasteiger partial charge in [0.25, 0.3) is 5.91 Å². The molecular weight excluding hydrogens is 372 g/mol. The van der Waals surface area contributed by atoms with Crippen LogP contribution in [0.15, 0.2) is 48.5 Å². The summed E-state index contributed by atoms with van der Waals surface area (Å²) in [6.45, 7) is 0. The molecule has 2 aromatic carbocycles. The Bertz CT molecular complexity index is 1030. The molecule has 136 valence electrons. The number of thioether (sulfide) groups is 2. The number of aryl methyl sites for hydroxylation is 1. The lowest BCUT2D eigenvalue weighted by molar-refractivity contribution is 0.102. The molecular formula is C22H20N2OS2. The lowest BCUT2D eigenvalue weighted by Gasteiger charge is -2.14. The SMILES string of the molecule is O=C(Nc1cccc(C2SCCS2)c1)c1c2c(nc3ccccc13)CCC2. The Kier molecular flexibility index (Phi) is 4.58. The van der Waals surface area contributed by atoms with Gasteiger partial charge in [0.15, 0.2) is 0 Å². The number of hydrogen-bond donors (Lipinski definition) is 1. The number of anilines is 1. The van der Waals surface area contributed by atoms with Crippen LogP contribution in [0.25, 0.3) is 10.9 Å². The summed E-state index contributed by atoms with van der Waals surface area (Å²) < 4.78 is 0.479. The molecule has 1 aliphatic carbocycles. The number of rotatable bonds is 3. The van der Waals surface area contributed by atoms with Crippen LogP contribution < -0.4 is 5.32 Å². The van der Waals surface area contributed by atoms with E-state index in [1.165, 1.54) is 17.1 Å². The molecule has 0 radical (unpaired) electrons. The number of fused-ring (bicyclic) bond motifs is 2. The van der Waals surface area contributed by atoms with Gasteiger partial charge in [-0.25, -0.2) is 0 Å². The summed E-state index contributed by atoms with van der Waals surface area (Å²) in [6.07, 6.45) is 2.97. The quantitative estimate of drug-likeness (QED) is 0.643. The third-order valence-corrected chi connectivity index (χ3v) is 8.29. The maximum atomic E-state index is 13.3. The van der Waals surface area contributed by atoms with Crippen LogP contribution in [0.1, 0.15) is 38.2 Å². The average molecular weight is 393 g/mol. The Morgan fingerprint density at radius 1 is 1.04 bits per heavy atom. The van der Waals surface area contributed by atoms with Crippen molar-refractivity contribution in [3.8, 4) is 0 Å². The molecule has 3 nitrogen and oxygen atoms in total. The second-order valence-electron chi connectivity index (χ2n) is 6.94. The fourth-order valence-corrected chi connectivity index (χ4v) is 6.82. The molecule has 3 aromatic rings. The Labute approximate surface area is 167 Å². The van der Waals surface area contributed by atoms with Gasteiger partial charge in [-0.05, 0) is 48.6 Å². The summed E-state index contributed by atoms with van der Waals surface area (Å²) >= 11 is 3.96. The summed E-state index contributed by atoms with van der Waals surface area (Å²) in [6, 6.07) is 16.3. The fourth-order valence-electron chi connectivity index (χ4n) is 3.98. The first kappa shape index (κ1) is 17.1. The van der Waals surface area contributed by atoms with E-state index in [4.69, 9.17) is 4.98 Å². The van der Waals surface area contributed by atoms with Gasteiger partial charge < -0.3 is 5.32 Å². The van der Waals surface area contributed by atoms with Crippen LogP contribution in [-0.4, -0.2) is 22.4 Å². The summed E-state index contributed by atoms with van der Waals surface area (Å²) in [5.74, 6) is 2.37. The smallest absolute Gasteiger partial charge is 0.256 e. The number of aromatic nitrogens is 1. The number of para-hydroxylation sites is 1. The number of pyridine rings is 1. The molecule has 1 N–H and O–H groups in total. The van der Waals surface area contributed by atoms with E-state index in [1.807, 2.05) is 59.9 Å². The van der Waals surface area contributed by atoms with Gasteiger partial charge in [0.1, 0.15) is 0 Å². The molecule has 0 atom stereocenters. The van der Waals surface area contributed by atoms with E-state index in [1.54, 1.807) is 0 Å². The van der Waals surface area contributed by atoms with E-state index in [0.29, 0.717) is 4.58 Å². The van der Waals surface area contributed by atoms with Crippen molar-refractivity contribution in [2.24, 2.45) is 0 Å². The van der Waals surface area contributed by atoms with E-state index in [2.05, 4.69) is 17.4 Å². The maximum Gasteiger partial charge on any atom is 0.256 e. The average Bonchev–Trinajstić information content (AvgIpc) is 3.38. The first-order chi connectivity index (χ1) is 13.3. The predicted molar refractivity (Wildman–Crippen MR) is 116 cm³/mol. The Hall–Kier alpha value is -1.98. The lowest BCUT2D eigenvalue weighted by Crippen LogP contribution is -2.16. The number of hydrogen-bond acceptors (Lipinski definition) is 4. The van der Waals surface area contributed by atoms with Crippen LogP contribution in [0.3, 0.4) is 0 Å². The molecule has 1 aromatic heterocycles. The zero-order chi connectivity index (χ0) is 18.2. The van der Waals surface area contributed by atoms with Crippen LogP contribution in [0.4, 0.5) is 5.69 Å². The van der Waals surface area contributed by atoms with Crippen molar-refractivity contribution < 1.29 is 4.79 Å². The molecule has 5 rings (SSSR count). The molecule has 0 unspecified atom stereocenters. The number of nitrogens with zero attached hydrogens (tertiary/aromatic N) is 1.